The SMILES string of the molecule is COc1ccc(F)cc1C(C)Oc1cc(-c2ccc[nH]c2=O)c(=O)[nH]c1N. The van der Waals surface area contributed by atoms with Crippen LogP contribution in [-0.4, -0.2) is 17.1 Å². The Morgan fingerprint density at radius 3 is 2.56 bits per heavy atom. The van der Waals surface area contributed by atoms with E-state index in [0.29, 0.717) is 11.3 Å². The number of nitrogens with one attached hydrogen (secondary N) is 2. The predicted octanol–water partition coefficient (Wildman–Crippen LogP) is 2.60. The summed E-state index contributed by atoms with van der Waals surface area (Å²) in [4.78, 5) is 29.2. The molecule has 2 heterocycles. The average Bonchev–Trinajstić information content (AvgIpc) is 2.64. The standard InChI is InChI=1S/C19H18FN3O4/c1-10(13-8-11(20)5-6-15(13)26-2)27-16-9-14(19(25)23-17(16)21)12-4-3-7-22-18(12)24/h3-10H,1-2H3,(H,22,24)(H3,21,23,25). The first kappa shape index (κ1) is 18.2. The predicted molar refractivity (Wildman–Crippen MR) is 99.5 cm³/mol. The zero-order valence-electron chi connectivity index (χ0n) is 14.7. The molecule has 1 unspecified atom stereocenters. The summed E-state index contributed by atoms with van der Waals surface area (Å²) in [5.41, 5.74) is 5.69. The molecule has 4 N–H and O–H groups in total. The number of aromatic amines is 2. The molecular formula is C19H18FN3O4. The highest BCUT2D eigenvalue weighted by Crippen LogP contribution is 2.32. The van der Waals surface area contributed by atoms with E-state index in [1.54, 1.807) is 13.0 Å². The van der Waals surface area contributed by atoms with Crippen molar-refractivity contribution in [3.05, 3.63) is 74.7 Å². The van der Waals surface area contributed by atoms with E-state index in [9.17, 15) is 14.0 Å². The highest BCUT2D eigenvalue weighted by atomic mass is 19.1. The lowest BCUT2D eigenvalue weighted by Gasteiger charge is -2.19. The molecule has 1 atom stereocenters. The van der Waals surface area contributed by atoms with Crippen LogP contribution in [0.15, 0.2) is 52.2 Å². The van der Waals surface area contributed by atoms with Gasteiger partial charge in [0.1, 0.15) is 23.5 Å². The number of methoxy groups -OCH3 is 1. The van der Waals surface area contributed by atoms with Gasteiger partial charge < -0.3 is 25.2 Å². The molecule has 0 radical (unpaired) electrons. The molecule has 1 aromatic carbocycles. The molecule has 27 heavy (non-hydrogen) atoms. The number of rotatable bonds is 5. The lowest BCUT2D eigenvalue weighted by Crippen LogP contribution is -2.18. The molecule has 0 saturated heterocycles. The minimum atomic E-state index is -0.634. The summed E-state index contributed by atoms with van der Waals surface area (Å²) in [5, 5.41) is 0. The summed E-state index contributed by atoms with van der Waals surface area (Å²) in [6.07, 6.45) is 0.832. The maximum atomic E-state index is 13.6. The normalized spacial score (nSPS) is 11.8. The minimum absolute atomic E-state index is 0.00155. The van der Waals surface area contributed by atoms with Gasteiger partial charge in [-0.25, -0.2) is 4.39 Å². The van der Waals surface area contributed by atoms with Gasteiger partial charge in [0.2, 0.25) is 0 Å². The second-order valence-corrected chi connectivity index (χ2v) is 5.85. The van der Waals surface area contributed by atoms with Crippen molar-refractivity contribution in [2.75, 3.05) is 12.8 Å². The van der Waals surface area contributed by atoms with Gasteiger partial charge in [-0.05, 0) is 43.3 Å². The highest BCUT2D eigenvalue weighted by Gasteiger charge is 2.18. The van der Waals surface area contributed by atoms with Crippen LogP contribution < -0.4 is 26.3 Å². The van der Waals surface area contributed by atoms with Crippen molar-refractivity contribution in [2.24, 2.45) is 0 Å². The third-order valence-corrected chi connectivity index (χ3v) is 4.08. The van der Waals surface area contributed by atoms with Crippen molar-refractivity contribution in [3.8, 4) is 22.6 Å². The maximum absolute atomic E-state index is 13.6. The zero-order chi connectivity index (χ0) is 19.6. The van der Waals surface area contributed by atoms with E-state index in [2.05, 4.69) is 9.97 Å². The van der Waals surface area contributed by atoms with Gasteiger partial charge in [0, 0.05) is 11.8 Å². The second kappa shape index (κ2) is 7.36. The molecule has 0 bridgehead atoms. The van der Waals surface area contributed by atoms with E-state index < -0.39 is 23.0 Å². The number of hydrogen-bond acceptors (Lipinski definition) is 5. The van der Waals surface area contributed by atoms with Crippen molar-refractivity contribution in [2.45, 2.75) is 13.0 Å². The lowest BCUT2D eigenvalue weighted by molar-refractivity contribution is 0.221. The third-order valence-electron chi connectivity index (χ3n) is 4.08. The minimum Gasteiger partial charge on any atom is -0.496 e. The third kappa shape index (κ3) is 3.69. The summed E-state index contributed by atoms with van der Waals surface area (Å²) in [5.74, 6) is 0.170. The van der Waals surface area contributed by atoms with Gasteiger partial charge in [-0.2, -0.15) is 0 Å². The summed E-state index contributed by atoms with van der Waals surface area (Å²) in [7, 11) is 1.47. The largest absolute Gasteiger partial charge is 0.496 e. The van der Waals surface area contributed by atoms with Crippen molar-refractivity contribution in [3.63, 3.8) is 0 Å². The maximum Gasteiger partial charge on any atom is 0.257 e. The number of nitrogen functional groups attached to an aromatic ring is 1. The molecule has 2 aromatic heterocycles. The van der Waals surface area contributed by atoms with Crippen molar-refractivity contribution in [1.82, 2.24) is 9.97 Å². The molecule has 0 saturated carbocycles. The monoisotopic (exact) mass is 371 g/mol. The molecule has 140 valence electrons. The number of benzene rings is 1. The van der Waals surface area contributed by atoms with E-state index in [-0.39, 0.29) is 22.7 Å². The molecule has 0 fully saturated rings. The number of H-pyrrole nitrogens is 2. The fourth-order valence-electron chi connectivity index (χ4n) is 2.73. The van der Waals surface area contributed by atoms with Crippen molar-refractivity contribution >= 4 is 5.82 Å². The van der Waals surface area contributed by atoms with Gasteiger partial charge in [-0.15, -0.1) is 0 Å². The van der Waals surface area contributed by atoms with Gasteiger partial charge in [-0.1, -0.05) is 0 Å². The first-order chi connectivity index (χ1) is 12.9. The molecule has 0 spiro atoms. The fourth-order valence-corrected chi connectivity index (χ4v) is 2.73. The molecule has 3 rings (SSSR count). The molecule has 0 aliphatic carbocycles. The van der Waals surface area contributed by atoms with Gasteiger partial charge in [0.15, 0.2) is 5.75 Å². The Bertz CT molecular complexity index is 1090. The van der Waals surface area contributed by atoms with Crippen LogP contribution in [0.5, 0.6) is 11.5 Å². The first-order valence-corrected chi connectivity index (χ1v) is 8.11. The molecule has 8 heteroatoms. The first-order valence-electron chi connectivity index (χ1n) is 8.11. The van der Waals surface area contributed by atoms with E-state index in [0.717, 1.165) is 0 Å². The van der Waals surface area contributed by atoms with E-state index in [4.69, 9.17) is 15.2 Å². The second-order valence-electron chi connectivity index (χ2n) is 5.85. The summed E-state index contributed by atoms with van der Waals surface area (Å²) < 4.78 is 24.7. The van der Waals surface area contributed by atoms with Gasteiger partial charge in [0.25, 0.3) is 11.1 Å². The molecule has 7 nitrogen and oxygen atoms in total. The van der Waals surface area contributed by atoms with Crippen LogP contribution >= 0.6 is 0 Å². The quantitative estimate of drug-likeness (QED) is 0.639. The van der Waals surface area contributed by atoms with Crippen LogP contribution in [0.1, 0.15) is 18.6 Å². The number of nitrogens with two attached hydrogens (primary N) is 1. The highest BCUT2D eigenvalue weighted by molar-refractivity contribution is 5.66. The van der Waals surface area contributed by atoms with Gasteiger partial charge in [0.05, 0.1) is 18.2 Å². The van der Waals surface area contributed by atoms with Crippen LogP contribution in [0.2, 0.25) is 0 Å². The summed E-state index contributed by atoms with van der Waals surface area (Å²) in [6.45, 7) is 1.69. The van der Waals surface area contributed by atoms with E-state index in [1.165, 1.54) is 43.6 Å². The average molecular weight is 371 g/mol. The Kier molecular flexibility index (Phi) is 4.98. The lowest BCUT2D eigenvalue weighted by atomic mass is 10.1. The number of aromatic nitrogens is 2. The van der Waals surface area contributed by atoms with Crippen LogP contribution in [0.3, 0.4) is 0 Å². The Balaban J connectivity index is 2.02. The summed E-state index contributed by atoms with van der Waals surface area (Å²) >= 11 is 0. The van der Waals surface area contributed by atoms with Crippen LogP contribution in [0.4, 0.5) is 10.2 Å². The fraction of sp³-hybridized carbons (Fsp3) is 0.158. The molecule has 0 aliphatic rings. The number of pyridine rings is 2. The van der Waals surface area contributed by atoms with Crippen LogP contribution in [0.25, 0.3) is 11.1 Å². The summed E-state index contributed by atoms with van der Waals surface area (Å²) in [6, 6.07) is 8.59. The van der Waals surface area contributed by atoms with E-state index in [1.807, 2.05) is 0 Å². The van der Waals surface area contributed by atoms with Gasteiger partial charge >= 0.3 is 0 Å². The Labute approximate surface area is 153 Å². The van der Waals surface area contributed by atoms with Crippen molar-refractivity contribution in [1.29, 1.82) is 0 Å². The zero-order valence-corrected chi connectivity index (χ0v) is 14.7. The van der Waals surface area contributed by atoms with Crippen molar-refractivity contribution < 1.29 is 13.9 Å². The van der Waals surface area contributed by atoms with Crippen LogP contribution in [0, 0.1) is 5.82 Å². The topological polar surface area (TPSA) is 110 Å². The molecule has 3 aromatic rings. The van der Waals surface area contributed by atoms with Gasteiger partial charge in [-0.3, -0.25) is 9.59 Å². The molecule has 0 amide bonds. The van der Waals surface area contributed by atoms with E-state index >= 15 is 0 Å². The molecular weight excluding hydrogens is 353 g/mol. The number of halogens is 1. The smallest absolute Gasteiger partial charge is 0.257 e. The Hall–Kier alpha value is -3.55. The number of ether oxygens (including phenoxy) is 2. The Morgan fingerprint density at radius 2 is 1.85 bits per heavy atom. The molecule has 0 aliphatic heterocycles. The number of hydrogen-bond donors (Lipinski definition) is 3. The number of anilines is 1. The van der Waals surface area contributed by atoms with Crippen LogP contribution in [-0.2, 0) is 0 Å². The Morgan fingerprint density at radius 1 is 1.07 bits per heavy atom.